The van der Waals surface area contributed by atoms with Crippen LogP contribution in [0.1, 0.15) is 19.8 Å². The molecule has 1 aliphatic rings. The number of amides is 1. The average molecular weight is 396 g/mol. The van der Waals surface area contributed by atoms with Crippen LogP contribution in [0.2, 0.25) is 0 Å². The van der Waals surface area contributed by atoms with E-state index in [1.165, 1.54) is 0 Å². The zero-order valence-electron chi connectivity index (χ0n) is 16.8. The molecule has 1 aliphatic heterocycles. The van der Waals surface area contributed by atoms with E-state index in [2.05, 4.69) is 17.2 Å². The number of hydrogen-bond acceptors (Lipinski definition) is 5. The smallest absolute Gasteiger partial charge is 0.243 e. The van der Waals surface area contributed by atoms with Crippen LogP contribution >= 0.6 is 0 Å². The van der Waals surface area contributed by atoms with E-state index in [0.29, 0.717) is 13.2 Å². The van der Waals surface area contributed by atoms with Gasteiger partial charge in [0.05, 0.1) is 12.6 Å². The highest BCUT2D eigenvalue weighted by Gasteiger charge is 2.15. The molecule has 2 N–H and O–H groups in total. The van der Waals surface area contributed by atoms with Gasteiger partial charge in [0, 0.05) is 18.0 Å². The molecule has 0 saturated carbocycles. The van der Waals surface area contributed by atoms with Gasteiger partial charge in [-0.3, -0.25) is 4.79 Å². The Hall–Kier alpha value is -2.99. The Kier molecular flexibility index (Phi) is 7.53. The summed E-state index contributed by atoms with van der Waals surface area (Å²) in [6.45, 7) is 7.77. The zero-order valence-corrected chi connectivity index (χ0v) is 16.8. The molecule has 0 aliphatic carbocycles. The molecular weight excluding hydrogens is 368 g/mol. The van der Waals surface area contributed by atoms with Crippen molar-refractivity contribution in [3.63, 3.8) is 0 Å². The standard InChI is InChI=1S/C23H28N2O4/c1-17(2)15-28-20-9-5-18(6-10-20)24-14-23(26)25-19-7-11-21(12-8-19)29-16-22-4-3-13-27-22/h5-12,22,24H,1,3-4,13-16H2,2H3,(H,25,26). The lowest BCUT2D eigenvalue weighted by Crippen LogP contribution is -2.21. The van der Waals surface area contributed by atoms with Crippen molar-refractivity contribution in [2.24, 2.45) is 0 Å². The Morgan fingerprint density at radius 1 is 1.07 bits per heavy atom. The van der Waals surface area contributed by atoms with Gasteiger partial charge in [-0.25, -0.2) is 0 Å². The predicted octanol–water partition coefficient (Wildman–Crippen LogP) is 4.25. The van der Waals surface area contributed by atoms with Gasteiger partial charge in [-0.1, -0.05) is 6.58 Å². The Morgan fingerprint density at radius 2 is 1.72 bits per heavy atom. The minimum Gasteiger partial charge on any atom is -0.491 e. The summed E-state index contributed by atoms with van der Waals surface area (Å²) in [4.78, 5) is 12.2. The number of hydrogen-bond donors (Lipinski definition) is 2. The van der Waals surface area contributed by atoms with Crippen molar-refractivity contribution in [2.45, 2.75) is 25.9 Å². The Balaban J connectivity index is 1.39. The van der Waals surface area contributed by atoms with E-state index < -0.39 is 0 Å². The molecule has 0 aromatic heterocycles. The summed E-state index contributed by atoms with van der Waals surface area (Å²) in [5, 5.41) is 5.96. The molecule has 1 atom stereocenters. The summed E-state index contributed by atoms with van der Waals surface area (Å²) in [6.07, 6.45) is 2.33. The Labute approximate surface area is 171 Å². The molecule has 1 saturated heterocycles. The highest BCUT2D eigenvalue weighted by molar-refractivity contribution is 5.93. The molecule has 1 fully saturated rings. The largest absolute Gasteiger partial charge is 0.491 e. The molecule has 2 aromatic rings. The second-order valence-electron chi connectivity index (χ2n) is 7.14. The third-order valence-corrected chi connectivity index (χ3v) is 4.39. The van der Waals surface area contributed by atoms with Gasteiger partial charge in [0.25, 0.3) is 0 Å². The third kappa shape index (κ3) is 7.16. The molecule has 6 nitrogen and oxygen atoms in total. The number of rotatable bonds is 10. The molecule has 0 bridgehead atoms. The van der Waals surface area contributed by atoms with Crippen LogP contribution in [0.4, 0.5) is 11.4 Å². The number of anilines is 2. The van der Waals surface area contributed by atoms with Crippen molar-refractivity contribution in [2.75, 3.05) is 37.0 Å². The fourth-order valence-electron chi connectivity index (χ4n) is 2.86. The minimum absolute atomic E-state index is 0.124. The van der Waals surface area contributed by atoms with Crippen molar-refractivity contribution in [1.82, 2.24) is 0 Å². The van der Waals surface area contributed by atoms with Crippen LogP contribution in [-0.2, 0) is 9.53 Å². The van der Waals surface area contributed by atoms with E-state index in [9.17, 15) is 4.79 Å². The molecule has 2 aromatic carbocycles. The van der Waals surface area contributed by atoms with Crippen molar-refractivity contribution in [1.29, 1.82) is 0 Å². The van der Waals surface area contributed by atoms with Gasteiger partial charge >= 0.3 is 0 Å². The predicted molar refractivity (Wildman–Crippen MR) is 115 cm³/mol. The summed E-state index contributed by atoms with van der Waals surface area (Å²) < 4.78 is 16.8. The summed E-state index contributed by atoms with van der Waals surface area (Å²) in [7, 11) is 0. The quantitative estimate of drug-likeness (QED) is 0.588. The van der Waals surface area contributed by atoms with Crippen LogP contribution in [0.15, 0.2) is 60.7 Å². The van der Waals surface area contributed by atoms with Gasteiger partial charge in [0.2, 0.25) is 5.91 Å². The second-order valence-corrected chi connectivity index (χ2v) is 7.14. The first-order valence-corrected chi connectivity index (χ1v) is 9.84. The lowest BCUT2D eigenvalue weighted by Gasteiger charge is -2.12. The van der Waals surface area contributed by atoms with E-state index in [1.807, 2.05) is 55.5 Å². The Bertz CT molecular complexity index is 797. The maximum absolute atomic E-state index is 12.2. The van der Waals surface area contributed by atoms with Gasteiger partial charge in [0.1, 0.15) is 24.7 Å². The molecule has 3 rings (SSSR count). The zero-order chi connectivity index (χ0) is 20.5. The lowest BCUT2D eigenvalue weighted by atomic mass is 10.2. The number of benzene rings is 2. The lowest BCUT2D eigenvalue weighted by molar-refractivity contribution is -0.114. The van der Waals surface area contributed by atoms with Crippen molar-refractivity contribution in [3.8, 4) is 11.5 Å². The van der Waals surface area contributed by atoms with Gasteiger partial charge in [-0.2, -0.15) is 0 Å². The topological polar surface area (TPSA) is 68.8 Å². The van der Waals surface area contributed by atoms with Crippen LogP contribution in [0.3, 0.4) is 0 Å². The number of carbonyl (C=O) groups is 1. The van der Waals surface area contributed by atoms with Crippen LogP contribution in [0.5, 0.6) is 11.5 Å². The number of nitrogens with one attached hydrogen (secondary N) is 2. The van der Waals surface area contributed by atoms with E-state index >= 15 is 0 Å². The molecule has 6 heteroatoms. The maximum Gasteiger partial charge on any atom is 0.243 e. The van der Waals surface area contributed by atoms with Gasteiger partial charge in [0.15, 0.2) is 0 Å². The molecule has 1 amide bonds. The SMILES string of the molecule is C=C(C)COc1ccc(NCC(=O)Nc2ccc(OCC3CCCO3)cc2)cc1. The first kappa shape index (κ1) is 20.7. The maximum atomic E-state index is 12.2. The van der Waals surface area contributed by atoms with E-state index in [4.69, 9.17) is 14.2 Å². The van der Waals surface area contributed by atoms with Crippen LogP contribution in [0, 0.1) is 0 Å². The van der Waals surface area contributed by atoms with Gasteiger partial charge < -0.3 is 24.8 Å². The van der Waals surface area contributed by atoms with E-state index in [0.717, 1.165) is 47.9 Å². The molecular formula is C23H28N2O4. The van der Waals surface area contributed by atoms with E-state index in [-0.39, 0.29) is 18.6 Å². The molecule has 0 spiro atoms. The molecule has 0 radical (unpaired) electrons. The molecule has 1 unspecified atom stereocenters. The minimum atomic E-state index is -0.124. The summed E-state index contributed by atoms with van der Waals surface area (Å²) in [5.74, 6) is 1.41. The molecule has 1 heterocycles. The van der Waals surface area contributed by atoms with Gasteiger partial charge in [-0.05, 0) is 73.9 Å². The van der Waals surface area contributed by atoms with Crippen molar-refractivity contribution in [3.05, 3.63) is 60.7 Å². The van der Waals surface area contributed by atoms with Crippen LogP contribution in [-0.4, -0.2) is 38.4 Å². The van der Waals surface area contributed by atoms with E-state index in [1.54, 1.807) is 0 Å². The monoisotopic (exact) mass is 396 g/mol. The normalized spacial score (nSPS) is 15.6. The highest BCUT2D eigenvalue weighted by Crippen LogP contribution is 2.19. The number of ether oxygens (including phenoxy) is 3. The summed E-state index contributed by atoms with van der Waals surface area (Å²) in [6, 6.07) is 14.8. The first-order chi connectivity index (χ1) is 14.1. The van der Waals surface area contributed by atoms with Crippen LogP contribution < -0.4 is 20.1 Å². The fraction of sp³-hybridized carbons (Fsp3) is 0.348. The average Bonchev–Trinajstić information content (AvgIpc) is 3.25. The van der Waals surface area contributed by atoms with Crippen LogP contribution in [0.25, 0.3) is 0 Å². The Morgan fingerprint density at radius 3 is 2.34 bits per heavy atom. The molecule has 29 heavy (non-hydrogen) atoms. The summed E-state index contributed by atoms with van der Waals surface area (Å²) >= 11 is 0. The second kappa shape index (κ2) is 10.5. The third-order valence-electron chi connectivity index (χ3n) is 4.39. The van der Waals surface area contributed by atoms with Crippen molar-refractivity contribution >= 4 is 17.3 Å². The van der Waals surface area contributed by atoms with Crippen molar-refractivity contribution < 1.29 is 19.0 Å². The summed E-state index contributed by atoms with van der Waals surface area (Å²) in [5.41, 5.74) is 2.54. The fourth-order valence-corrected chi connectivity index (χ4v) is 2.86. The first-order valence-electron chi connectivity index (χ1n) is 9.84. The number of carbonyl (C=O) groups excluding carboxylic acids is 1. The molecule has 154 valence electrons. The van der Waals surface area contributed by atoms with Gasteiger partial charge in [-0.15, -0.1) is 0 Å². The highest BCUT2D eigenvalue weighted by atomic mass is 16.5.